The van der Waals surface area contributed by atoms with Crippen LogP contribution in [0.4, 0.5) is 0 Å². The van der Waals surface area contributed by atoms with Gasteiger partial charge in [-0.2, -0.15) is 0 Å². The van der Waals surface area contributed by atoms with E-state index in [1.54, 1.807) is 11.8 Å². The molecule has 1 heterocycles. The van der Waals surface area contributed by atoms with Crippen molar-refractivity contribution < 1.29 is 28.4 Å². The summed E-state index contributed by atoms with van der Waals surface area (Å²) in [4.78, 5) is 23.3. The minimum absolute atomic E-state index is 0.0249. The SMILES string of the molecule is CCCCCCCCCCCCCCCCCCCOCC(COP(O)OCCC[NH+]1CCCC1)CC(C)=O. The van der Waals surface area contributed by atoms with Gasteiger partial charge in [0, 0.05) is 38.2 Å². The van der Waals surface area contributed by atoms with Crippen LogP contribution in [0.25, 0.3) is 0 Å². The Morgan fingerprint density at radius 2 is 1.23 bits per heavy atom. The van der Waals surface area contributed by atoms with Crippen LogP contribution in [0, 0.1) is 5.92 Å². The number of likely N-dealkylation sites (tertiary alicyclic amines) is 1. The van der Waals surface area contributed by atoms with Gasteiger partial charge in [-0.25, -0.2) is 0 Å². The van der Waals surface area contributed by atoms with Crippen molar-refractivity contribution in [3.63, 3.8) is 0 Å². The van der Waals surface area contributed by atoms with E-state index in [9.17, 15) is 9.69 Å². The van der Waals surface area contributed by atoms with Gasteiger partial charge >= 0.3 is 8.60 Å². The molecule has 2 N–H and O–H groups in total. The minimum atomic E-state index is -1.88. The second-order valence-corrected chi connectivity index (χ2v) is 12.9. The zero-order valence-corrected chi connectivity index (χ0v) is 26.8. The molecule has 0 aromatic carbocycles. The van der Waals surface area contributed by atoms with Crippen molar-refractivity contribution in [1.82, 2.24) is 0 Å². The van der Waals surface area contributed by atoms with Crippen molar-refractivity contribution in [2.24, 2.45) is 5.92 Å². The van der Waals surface area contributed by atoms with E-state index in [1.807, 2.05) is 0 Å². The van der Waals surface area contributed by atoms with Gasteiger partial charge in [-0.3, -0.25) is 0 Å². The zero-order chi connectivity index (χ0) is 28.2. The Morgan fingerprint density at radius 3 is 1.74 bits per heavy atom. The number of carbonyl (C=O) groups is 1. The van der Waals surface area contributed by atoms with E-state index in [1.165, 1.54) is 129 Å². The summed E-state index contributed by atoms with van der Waals surface area (Å²) in [6, 6.07) is 0. The lowest BCUT2D eigenvalue weighted by molar-refractivity contribution is -0.887. The Kier molecular flexibility index (Phi) is 26.5. The quantitative estimate of drug-likeness (QED) is 0.0684. The van der Waals surface area contributed by atoms with Gasteiger partial charge in [-0.15, -0.1) is 0 Å². The van der Waals surface area contributed by atoms with Gasteiger partial charge in [0.25, 0.3) is 0 Å². The Labute approximate surface area is 243 Å². The Balaban J connectivity index is 1.88. The first-order valence-electron chi connectivity index (χ1n) is 16.8. The Hall–Kier alpha value is -0.100. The van der Waals surface area contributed by atoms with E-state index < -0.39 is 8.60 Å². The van der Waals surface area contributed by atoms with Crippen LogP contribution in [0.15, 0.2) is 0 Å². The van der Waals surface area contributed by atoms with Gasteiger partial charge in [-0.05, 0) is 13.3 Å². The average Bonchev–Trinajstić information content (AvgIpc) is 3.44. The van der Waals surface area contributed by atoms with Crippen LogP contribution in [-0.2, 0) is 18.6 Å². The maximum Gasteiger partial charge on any atom is 0.329 e. The van der Waals surface area contributed by atoms with E-state index in [-0.39, 0.29) is 11.7 Å². The number of unbranched alkanes of at least 4 members (excludes halogenated alkanes) is 16. The predicted molar refractivity (Wildman–Crippen MR) is 164 cm³/mol. The molecular formula is C32H65NO5P+. The van der Waals surface area contributed by atoms with Crippen molar-refractivity contribution in [3.8, 4) is 0 Å². The molecule has 0 bridgehead atoms. The Morgan fingerprint density at radius 1 is 0.718 bits per heavy atom. The van der Waals surface area contributed by atoms with Crippen LogP contribution in [0.5, 0.6) is 0 Å². The number of nitrogens with one attached hydrogen (secondary N) is 1. The highest BCUT2D eigenvalue weighted by atomic mass is 31.2. The zero-order valence-electron chi connectivity index (χ0n) is 25.9. The van der Waals surface area contributed by atoms with Crippen LogP contribution < -0.4 is 4.90 Å². The maximum atomic E-state index is 11.6. The molecular weight excluding hydrogens is 509 g/mol. The summed E-state index contributed by atoms with van der Waals surface area (Å²) in [5.41, 5.74) is 0. The van der Waals surface area contributed by atoms with Crippen LogP contribution in [0.1, 0.15) is 149 Å². The molecule has 0 radical (unpaired) electrons. The monoisotopic (exact) mass is 574 g/mol. The number of hydrogen-bond donors (Lipinski definition) is 2. The lowest BCUT2D eigenvalue weighted by Crippen LogP contribution is -3.10. The van der Waals surface area contributed by atoms with Gasteiger partial charge in [0.1, 0.15) is 5.78 Å². The van der Waals surface area contributed by atoms with Crippen LogP contribution in [0.3, 0.4) is 0 Å². The third-order valence-electron chi connectivity index (χ3n) is 7.93. The molecule has 1 fully saturated rings. The minimum Gasteiger partial charge on any atom is -0.381 e. The first-order chi connectivity index (χ1) is 19.1. The lowest BCUT2D eigenvalue weighted by atomic mass is 10.0. The topological polar surface area (TPSA) is 69.4 Å². The second-order valence-electron chi connectivity index (χ2n) is 11.9. The summed E-state index contributed by atoms with van der Waals surface area (Å²) in [6.45, 7) is 9.57. The van der Waals surface area contributed by atoms with Gasteiger partial charge < -0.3 is 28.4 Å². The second kappa shape index (κ2) is 28.0. The fraction of sp³-hybridized carbons (Fsp3) is 0.969. The summed E-state index contributed by atoms with van der Waals surface area (Å²) in [5.74, 6) is 0.102. The molecule has 1 aliphatic heterocycles. The molecule has 2 unspecified atom stereocenters. The first-order valence-corrected chi connectivity index (χ1v) is 17.9. The number of hydrogen-bond acceptors (Lipinski definition) is 5. The van der Waals surface area contributed by atoms with Crippen LogP contribution >= 0.6 is 8.60 Å². The highest BCUT2D eigenvalue weighted by Gasteiger charge is 2.17. The summed E-state index contributed by atoms with van der Waals surface area (Å²) in [7, 11) is -1.88. The van der Waals surface area contributed by atoms with Crippen molar-refractivity contribution in [2.45, 2.75) is 149 Å². The molecule has 232 valence electrons. The summed E-state index contributed by atoms with van der Waals surface area (Å²) >= 11 is 0. The van der Waals surface area contributed by atoms with E-state index in [0.29, 0.717) is 26.2 Å². The van der Waals surface area contributed by atoms with E-state index in [4.69, 9.17) is 13.8 Å². The van der Waals surface area contributed by atoms with Gasteiger partial charge in [0.15, 0.2) is 0 Å². The smallest absolute Gasteiger partial charge is 0.329 e. The summed E-state index contributed by atoms with van der Waals surface area (Å²) in [5, 5.41) is 0. The Bertz CT molecular complexity index is 533. The molecule has 0 aromatic heterocycles. The third-order valence-corrected chi connectivity index (χ3v) is 8.70. The number of ketones is 1. The maximum absolute atomic E-state index is 11.6. The fourth-order valence-corrected chi connectivity index (χ4v) is 6.25. The van der Waals surface area contributed by atoms with E-state index in [0.717, 1.165) is 26.0 Å². The van der Waals surface area contributed by atoms with Crippen molar-refractivity contribution >= 4 is 14.4 Å². The molecule has 6 nitrogen and oxygen atoms in total. The lowest BCUT2D eigenvalue weighted by Gasteiger charge is -2.18. The fourth-order valence-electron chi connectivity index (χ4n) is 5.55. The molecule has 0 spiro atoms. The summed E-state index contributed by atoms with van der Waals surface area (Å²) in [6.07, 6.45) is 27.3. The van der Waals surface area contributed by atoms with Gasteiger partial charge in [0.2, 0.25) is 0 Å². The van der Waals surface area contributed by atoms with Crippen molar-refractivity contribution in [2.75, 3.05) is 46.1 Å². The molecule has 0 amide bonds. The normalized spacial score (nSPS) is 15.7. The molecule has 39 heavy (non-hydrogen) atoms. The highest BCUT2D eigenvalue weighted by Crippen LogP contribution is 2.33. The van der Waals surface area contributed by atoms with E-state index >= 15 is 0 Å². The van der Waals surface area contributed by atoms with Crippen molar-refractivity contribution in [1.29, 1.82) is 0 Å². The molecule has 0 saturated carbocycles. The molecule has 1 rings (SSSR count). The molecule has 2 atom stereocenters. The van der Waals surface area contributed by atoms with Gasteiger partial charge in [0.05, 0.1) is 39.5 Å². The summed E-state index contributed by atoms with van der Waals surface area (Å²) < 4.78 is 16.8. The molecule has 0 aliphatic carbocycles. The van der Waals surface area contributed by atoms with E-state index in [2.05, 4.69) is 6.92 Å². The third kappa shape index (κ3) is 25.3. The number of carbonyl (C=O) groups excluding carboxylic acids is 1. The molecule has 1 aliphatic rings. The van der Waals surface area contributed by atoms with Crippen LogP contribution in [-0.4, -0.2) is 56.7 Å². The number of quaternary nitrogens is 1. The molecule has 0 aromatic rings. The number of rotatable bonds is 30. The number of Topliss-reactive ketones (excluding diaryl/α,β-unsaturated/α-hetero) is 1. The van der Waals surface area contributed by atoms with Crippen molar-refractivity contribution in [3.05, 3.63) is 0 Å². The van der Waals surface area contributed by atoms with Crippen LogP contribution in [0.2, 0.25) is 0 Å². The first kappa shape index (κ1) is 36.9. The standard InChI is InChI=1S/C32H64NO5P/c1-3-4-5-6-7-8-9-10-11-12-13-14-15-16-17-18-21-26-36-29-32(28-31(2)34)30-38-39(35)37-27-22-25-33-23-19-20-24-33/h32,35H,3-30H2,1-2H3/p+1. The van der Waals surface area contributed by atoms with Gasteiger partial charge in [-0.1, -0.05) is 110 Å². The highest BCUT2D eigenvalue weighted by molar-refractivity contribution is 7.40. The number of ether oxygens (including phenoxy) is 1. The molecule has 1 saturated heterocycles. The molecule has 7 heteroatoms. The largest absolute Gasteiger partial charge is 0.381 e. The average molecular weight is 575 g/mol. The predicted octanol–water partition coefficient (Wildman–Crippen LogP) is 7.57.